The van der Waals surface area contributed by atoms with E-state index in [0.29, 0.717) is 42.3 Å². The Kier molecular flexibility index (Phi) is 12.4. The van der Waals surface area contributed by atoms with Gasteiger partial charge in [0.05, 0.1) is 32.3 Å². The van der Waals surface area contributed by atoms with Crippen LogP contribution in [0, 0.1) is 5.82 Å². The number of hydrogen-bond donors (Lipinski definition) is 1. The van der Waals surface area contributed by atoms with Crippen LogP contribution >= 0.6 is 0 Å². The quantitative estimate of drug-likeness (QED) is 0.194. The highest BCUT2D eigenvalue weighted by molar-refractivity contribution is 7.89. The summed E-state index contributed by atoms with van der Waals surface area (Å²) in [4.78, 5) is 29.4. The van der Waals surface area contributed by atoms with Crippen molar-refractivity contribution in [3.63, 3.8) is 0 Å². The molecule has 1 aliphatic heterocycles. The van der Waals surface area contributed by atoms with Gasteiger partial charge in [0.2, 0.25) is 15.9 Å². The van der Waals surface area contributed by atoms with Crippen molar-refractivity contribution in [3.8, 4) is 17.2 Å². The van der Waals surface area contributed by atoms with Crippen LogP contribution in [0.15, 0.2) is 102 Å². The molecule has 1 N–H and O–H groups in total. The number of carbonyl (C=O) groups is 2. The average Bonchev–Trinajstić information content (AvgIpc) is 3.15. The summed E-state index contributed by atoms with van der Waals surface area (Å²) in [5.41, 5.74) is 2.09. The molecule has 1 atom stereocenters. The van der Waals surface area contributed by atoms with Crippen molar-refractivity contribution >= 4 is 21.8 Å². The molecule has 2 amide bonds. The molecule has 1 aliphatic rings. The number of ether oxygens (including phenoxy) is 4. The van der Waals surface area contributed by atoms with Gasteiger partial charge in [-0.2, -0.15) is 4.31 Å². The van der Waals surface area contributed by atoms with E-state index in [2.05, 4.69) is 5.32 Å². The number of benzene rings is 4. The third kappa shape index (κ3) is 9.17. The molecule has 4 aromatic rings. The lowest BCUT2D eigenvalue weighted by molar-refractivity contribution is -0.143. The van der Waals surface area contributed by atoms with Crippen LogP contribution in [-0.2, 0) is 37.3 Å². The maximum atomic E-state index is 14.0. The van der Waals surface area contributed by atoms with Crippen molar-refractivity contribution < 1.29 is 41.3 Å². The van der Waals surface area contributed by atoms with Crippen LogP contribution in [0.2, 0.25) is 0 Å². The first-order chi connectivity index (χ1) is 24.2. The summed E-state index contributed by atoms with van der Waals surface area (Å²) in [5.74, 6) is 0.0877. The molecule has 11 nitrogen and oxygen atoms in total. The molecule has 0 saturated carbocycles. The van der Waals surface area contributed by atoms with Crippen molar-refractivity contribution in [2.45, 2.75) is 23.9 Å². The topological polar surface area (TPSA) is 124 Å². The van der Waals surface area contributed by atoms with Gasteiger partial charge in [-0.15, -0.1) is 0 Å². The number of nitrogens with zero attached hydrogens (tertiary/aromatic N) is 2. The second-order valence-electron chi connectivity index (χ2n) is 11.5. The molecule has 4 aromatic carbocycles. The van der Waals surface area contributed by atoms with Crippen LogP contribution in [-0.4, -0.2) is 83.1 Å². The van der Waals surface area contributed by atoms with Crippen molar-refractivity contribution in [3.05, 3.63) is 120 Å². The lowest BCUT2D eigenvalue weighted by Gasteiger charge is -2.31. The Labute approximate surface area is 291 Å². The number of amides is 2. The summed E-state index contributed by atoms with van der Waals surface area (Å²) in [6, 6.07) is 24.9. The number of sulfonamides is 1. The van der Waals surface area contributed by atoms with Crippen LogP contribution in [0.5, 0.6) is 17.2 Å². The first-order valence-corrected chi connectivity index (χ1v) is 17.5. The Hall–Kier alpha value is -4.98. The van der Waals surface area contributed by atoms with E-state index in [1.807, 2.05) is 18.2 Å². The Balaban J connectivity index is 1.34. The lowest BCUT2D eigenvalue weighted by Crippen LogP contribution is -2.45. The number of morpholine rings is 1. The van der Waals surface area contributed by atoms with E-state index in [9.17, 15) is 22.4 Å². The molecule has 0 aliphatic carbocycles. The minimum Gasteiger partial charge on any atom is -0.493 e. The fourth-order valence-electron chi connectivity index (χ4n) is 5.55. The molecular weight excluding hydrogens is 665 g/mol. The molecule has 1 heterocycles. The first-order valence-electron chi connectivity index (χ1n) is 16.1. The second kappa shape index (κ2) is 17.1. The van der Waals surface area contributed by atoms with Crippen molar-refractivity contribution in [2.24, 2.45) is 0 Å². The fraction of sp³-hybridized carbons (Fsp3) is 0.297. The highest BCUT2D eigenvalue weighted by atomic mass is 32.2. The van der Waals surface area contributed by atoms with Gasteiger partial charge in [0.25, 0.3) is 5.91 Å². The summed E-state index contributed by atoms with van der Waals surface area (Å²) in [7, 11) is -0.596. The van der Waals surface area contributed by atoms with Crippen LogP contribution < -0.4 is 19.5 Å². The summed E-state index contributed by atoms with van der Waals surface area (Å²) in [5, 5.41) is 2.97. The predicted octanol–water partition coefficient (Wildman–Crippen LogP) is 4.37. The molecular formula is C37H40FN3O8S. The smallest absolute Gasteiger partial charge is 0.261 e. The summed E-state index contributed by atoms with van der Waals surface area (Å²) in [6.07, 6.45) is 0.486. The van der Waals surface area contributed by atoms with Gasteiger partial charge in [-0.3, -0.25) is 9.59 Å². The zero-order chi connectivity index (χ0) is 35.5. The van der Waals surface area contributed by atoms with Gasteiger partial charge in [0.15, 0.2) is 18.1 Å². The van der Waals surface area contributed by atoms with Gasteiger partial charge in [-0.1, -0.05) is 48.5 Å². The van der Waals surface area contributed by atoms with Gasteiger partial charge < -0.3 is 29.2 Å². The van der Waals surface area contributed by atoms with Gasteiger partial charge in [-0.25, -0.2) is 12.8 Å². The molecule has 1 saturated heterocycles. The Morgan fingerprint density at radius 2 is 1.54 bits per heavy atom. The Bertz CT molecular complexity index is 1840. The third-order valence-electron chi connectivity index (χ3n) is 8.22. The average molecular weight is 706 g/mol. The van der Waals surface area contributed by atoms with Crippen LogP contribution in [0.4, 0.5) is 4.39 Å². The second-order valence-corrected chi connectivity index (χ2v) is 13.4. The first kappa shape index (κ1) is 36.3. The zero-order valence-electron chi connectivity index (χ0n) is 27.9. The molecule has 1 fully saturated rings. The zero-order valence-corrected chi connectivity index (χ0v) is 28.7. The largest absolute Gasteiger partial charge is 0.493 e. The predicted molar refractivity (Wildman–Crippen MR) is 184 cm³/mol. The number of methoxy groups -OCH3 is 2. The Morgan fingerprint density at radius 1 is 0.880 bits per heavy atom. The molecule has 5 rings (SSSR count). The van der Waals surface area contributed by atoms with Gasteiger partial charge in [0, 0.05) is 26.2 Å². The summed E-state index contributed by atoms with van der Waals surface area (Å²) >= 11 is 0. The molecule has 1 unspecified atom stereocenters. The van der Waals surface area contributed by atoms with E-state index < -0.39 is 40.3 Å². The lowest BCUT2D eigenvalue weighted by atomic mass is 10.0. The van der Waals surface area contributed by atoms with Crippen molar-refractivity contribution in [2.75, 3.05) is 53.7 Å². The normalized spacial score (nSPS) is 14.0. The minimum atomic E-state index is -3.71. The SMILES string of the molecule is COc1ccc(CCNC(=O)C(c2ccccc2)N(Cc2ccc(F)cc2)C(=O)COc2ccc(S(=O)(=O)N3CCOCC3)cc2)cc1OC. The molecule has 0 aromatic heterocycles. The highest BCUT2D eigenvalue weighted by Gasteiger charge is 2.32. The monoisotopic (exact) mass is 705 g/mol. The van der Waals surface area contributed by atoms with Crippen LogP contribution in [0.25, 0.3) is 0 Å². The molecule has 0 radical (unpaired) electrons. The van der Waals surface area contributed by atoms with Gasteiger partial charge >= 0.3 is 0 Å². The number of nitrogens with one attached hydrogen (secondary N) is 1. The van der Waals surface area contributed by atoms with E-state index in [-0.39, 0.29) is 36.8 Å². The van der Waals surface area contributed by atoms with E-state index in [1.165, 1.54) is 45.6 Å². The molecule has 13 heteroatoms. The van der Waals surface area contributed by atoms with Crippen molar-refractivity contribution in [1.29, 1.82) is 0 Å². The van der Waals surface area contributed by atoms with E-state index >= 15 is 0 Å². The molecule has 50 heavy (non-hydrogen) atoms. The summed E-state index contributed by atoms with van der Waals surface area (Å²) in [6.45, 7) is 1.01. The number of halogens is 1. The van der Waals surface area contributed by atoms with Crippen LogP contribution in [0.1, 0.15) is 22.7 Å². The standard InChI is InChI=1S/C37H40FN3O8S/c1-46-33-17-10-27(24-34(33)47-2)18-19-39-37(43)36(29-6-4-3-5-7-29)41(25-28-8-11-30(38)12-9-28)35(42)26-49-31-13-15-32(16-14-31)50(44,45)40-20-22-48-23-21-40/h3-17,24,36H,18-23,25-26H2,1-2H3,(H,39,43). The summed E-state index contributed by atoms with van der Waals surface area (Å²) < 4.78 is 63.0. The van der Waals surface area contributed by atoms with E-state index in [4.69, 9.17) is 18.9 Å². The van der Waals surface area contributed by atoms with Crippen molar-refractivity contribution in [1.82, 2.24) is 14.5 Å². The molecule has 0 spiro atoms. The van der Waals surface area contributed by atoms with Gasteiger partial charge in [0.1, 0.15) is 17.6 Å². The maximum Gasteiger partial charge on any atom is 0.261 e. The molecule has 264 valence electrons. The third-order valence-corrected chi connectivity index (χ3v) is 10.1. The van der Waals surface area contributed by atoms with E-state index in [0.717, 1.165) is 5.56 Å². The van der Waals surface area contributed by atoms with Crippen LogP contribution in [0.3, 0.4) is 0 Å². The van der Waals surface area contributed by atoms with Gasteiger partial charge in [-0.05, 0) is 71.6 Å². The fourth-order valence-corrected chi connectivity index (χ4v) is 6.96. The molecule has 0 bridgehead atoms. The number of hydrogen-bond acceptors (Lipinski definition) is 8. The maximum absolute atomic E-state index is 14.0. The van der Waals surface area contributed by atoms with E-state index in [1.54, 1.807) is 56.7 Å². The Morgan fingerprint density at radius 3 is 2.20 bits per heavy atom. The minimum absolute atomic E-state index is 0.0120. The highest BCUT2D eigenvalue weighted by Crippen LogP contribution is 2.28. The number of carbonyl (C=O) groups excluding carboxylic acids is 2. The number of rotatable bonds is 15.